The number of hydrogen-bond acceptors (Lipinski definition) is 13. The van der Waals surface area contributed by atoms with Crippen LogP contribution in [-0.2, 0) is 0 Å². The van der Waals surface area contributed by atoms with Crippen molar-refractivity contribution in [3.63, 3.8) is 0 Å². The summed E-state index contributed by atoms with van der Waals surface area (Å²) in [6.45, 7) is 0. The predicted octanol–water partition coefficient (Wildman–Crippen LogP) is 8.64. The molecule has 10 rings (SSSR count). The van der Waals surface area contributed by atoms with Gasteiger partial charge >= 0.3 is 0 Å². The minimum Gasteiger partial charge on any atom is -0.506 e. The fourth-order valence-electron chi connectivity index (χ4n) is 8.34. The van der Waals surface area contributed by atoms with Crippen LogP contribution in [0.5, 0.6) is 63.2 Å². The molecule has 0 radical (unpaired) electrons. The van der Waals surface area contributed by atoms with E-state index in [1.807, 2.05) is 48.5 Å². The lowest BCUT2D eigenvalue weighted by atomic mass is 9.83. The highest BCUT2D eigenvalue weighted by molar-refractivity contribution is 6.37. The van der Waals surface area contributed by atoms with Gasteiger partial charge in [-0.15, -0.1) is 0 Å². The first-order valence-corrected chi connectivity index (χ1v) is 17.3. The predicted molar refractivity (Wildman–Crippen MR) is 214 cm³/mol. The molecule has 0 aliphatic carbocycles. The molecule has 13 nitrogen and oxygen atoms in total. The fourth-order valence-corrected chi connectivity index (χ4v) is 8.34. The van der Waals surface area contributed by atoms with E-state index in [2.05, 4.69) is 4.98 Å². The van der Waals surface area contributed by atoms with Crippen molar-refractivity contribution in [2.75, 3.05) is 0 Å². The molecule has 0 spiro atoms. The molecule has 0 unspecified atom stereocenters. The van der Waals surface area contributed by atoms with Crippen molar-refractivity contribution >= 4 is 75.7 Å². The maximum atomic E-state index is 12.5. The molecule has 0 saturated heterocycles. The summed E-state index contributed by atoms with van der Waals surface area (Å²) in [5.41, 5.74) is 2.45. The third-order valence-corrected chi connectivity index (χ3v) is 10.8. The molecule has 8 aromatic carbocycles. The summed E-state index contributed by atoms with van der Waals surface area (Å²) in [7, 11) is 0. The van der Waals surface area contributed by atoms with Gasteiger partial charge in [0.05, 0.1) is 22.3 Å². The SMILES string of the molecule is Oc1c(O)c(O)c2c(c1O)c1c(O)c(O)c(O)c(O)c1c1c(O)c(-c3c4ccccc4c(-c4ccc5ccc6cccnc6c5n4)c4ccccc34)c(O)c(O)c21. The number of phenols is 11. The molecule has 0 amide bonds. The Labute approximate surface area is 317 Å². The van der Waals surface area contributed by atoms with Gasteiger partial charge in [-0.25, -0.2) is 4.98 Å². The molecule has 13 heteroatoms. The van der Waals surface area contributed by atoms with Gasteiger partial charge in [0.2, 0.25) is 23.0 Å². The highest BCUT2D eigenvalue weighted by atomic mass is 16.4. The van der Waals surface area contributed by atoms with Gasteiger partial charge in [-0.3, -0.25) is 4.98 Å². The number of fused-ring (bicyclic) bond motifs is 11. The van der Waals surface area contributed by atoms with E-state index in [0.717, 1.165) is 10.8 Å². The Kier molecular flexibility index (Phi) is 6.62. The maximum absolute atomic E-state index is 12.5. The molecule has 0 aliphatic heterocycles. The second kappa shape index (κ2) is 11.3. The summed E-state index contributed by atoms with van der Waals surface area (Å²) >= 11 is 0. The zero-order valence-electron chi connectivity index (χ0n) is 29.0. The average molecular weight is 759 g/mol. The average Bonchev–Trinajstić information content (AvgIpc) is 3.23. The van der Waals surface area contributed by atoms with Crippen LogP contribution in [0.3, 0.4) is 0 Å². The largest absolute Gasteiger partial charge is 0.506 e. The third-order valence-electron chi connectivity index (χ3n) is 10.8. The summed E-state index contributed by atoms with van der Waals surface area (Å²) in [5, 5.41) is 123. The lowest BCUT2D eigenvalue weighted by Crippen LogP contribution is -1.95. The number of hydrogen-bond donors (Lipinski definition) is 11. The Morgan fingerprint density at radius 3 is 1.16 bits per heavy atom. The molecular weight excluding hydrogens is 732 g/mol. The molecule has 0 aliphatic rings. The normalized spacial score (nSPS) is 11.9. The molecule has 0 atom stereocenters. The summed E-state index contributed by atoms with van der Waals surface area (Å²) in [4.78, 5) is 9.71. The first-order valence-electron chi connectivity index (χ1n) is 17.3. The molecule has 0 saturated carbocycles. The topological polar surface area (TPSA) is 248 Å². The Balaban J connectivity index is 1.41. The van der Waals surface area contributed by atoms with Crippen LogP contribution >= 0.6 is 0 Å². The zero-order chi connectivity index (χ0) is 39.8. The smallest absolute Gasteiger partial charge is 0.204 e. The zero-order valence-corrected chi connectivity index (χ0v) is 29.0. The first-order chi connectivity index (χ1) is 27.4. The number of nitrogens with zero attached hydrogens (tertiary/aromatic N) is 2. The van der Waals surface area contributed by atoms with Crippen LogP contribution in [0.4, 0.5) is 0 Å². The van der Waals surface area contributed by atoms with Crippen LogP contribution in [0, 0.1) is 0 Å². The highest BCUT2D eigenvalue weighted by Gasteiger charge is 2.34. The molecule has 0 bridgehead atoms. The quantitative estimate of drug-likeness (QED) is 0.0342. The molecule has 2 aromatic heterocycles. The molecule has 0 fully saturated rings. The van der Waals surface area contributed by atoms with Gasteiger partial charge in [-0.2, -0.15) is 0 Å². The van der Waals surface area contributed by atoms with Crippen LogP contribution in [0.15, 0.2) is 91.1 Å². The van der Waals surface area contributed by atoms with Gasteiger partial charge in [0, 0.05) is 60.4 Å². The number of aromatic hydroxyl groups is 11. The number of phenolic OH excluding ortho intramolecular Hbond substituents is 11. The van der Waals surface area contributed by atoms with Gasteiger partial charge < -0.3 is 56.2 Å². The Bertz CT molecular complexity index is 3390. The monoisotopic (exact) mass is 758 g/mol. The minimum absolute atomic E-state index is 0.186. The molecule has 278 valence electrons. The lowest BCUT2D eigenvalue weighted by molar-refractivity contribution is 0.349. The van der Waals surface area contributed by atoms with Crippen LogP contribution in [-0.4, -0.2) is 66.1 Å². The molecular formula is C44H26N2O11. The molecule has 10 aromatic rings. The minimum atomic E-state index is -1.28. The van der Waals surface area contributed by atoms with Crippen molar-refractivity contribution in [3.05, 3.63) is 91.1 Å². The van der Waals surface area contributed by atoms with Crippen LogP contribution in [0.1, 0.15) is 0 Å². The van der Waals surface area contributed by atoms with Gasteiger partial charge in [0.15, 0.2) is 34.5 Å². The number of rotatable bonds is 2. The van der Waals surface area contributed by atoms with Gasteiger partial charge in [0.1, 0.15) is 5.75 Å². The van der Waals surface area contributed by atoms with E-state index in [1.165, 1.54) is 0 Å². The van der Waals surface area contributed by atoms with Crippen LogP contribution < -0.4 is 0 Å². The molecule has 11 N–H and O–H groups in total. The van der Waals surface area contributed by atoms with E-state index in [1.54, 1.807) is 42.6 Å². The van der Waals surface area contributed by atoms with Crippen molar-refractivity contribution in [1.82, 2.24) is 9.97 Å². The summed E-state index contributed by atoms with van der Waals surface area (Å²) in [5.74, 6) is -12.6. The van der Waals surface area contributed by atoms with E-state index in [4.69, 9.17) is 4.98 Å². The summed E-state index contributed by atoms with van der Waals surface area (Å²) in [6, 6.07) is 25.7. The highest BCUT2D eigenvalue weighted by Crippen LogP contribution is 2.64. The fraction of sp³-hybridized carbons (Fsp3) is 0. The van der Waals surface area contributed by atoms with Crippen molar-refractivity contribution in [1.29, 1.82) is 0 Å². The number of benzene rings is 8. The molecule has 57 heavy (non-hydrogen) atoms. The standard InChI is InChI=1S/C44H26N2O11/c47-34-25-26(28-30(39(52)44(57)42(55)37(28)50)29-27(25)36(49)41(54)43(56)38(29)51)35(48)40(53)31(34)24-20-9-3-1-7-18(20)23(19-8-2-4-10-21(19)24)22-14-13-17-12-11-16-6-5-15-45-32(16)33(17)46-22/h1-15,47-57H. The maximum Gasteiger partial charge on any atom is 0.204 e. The van der Waals surface area contributed by atoms with E-state index in [-0.39, 0.29) is 11.1 Å². The van der Waals surface area contributed by atoms with Crippen molar-refractivity contribution in [2.45, 2.75) is 0 Å². The first kappa shape index (κ1) is 33.3. The summed E-state index contributed by atoms with van der Waals surface area (Å²) < 4.78 is 0. The van der Waals surface area contributed by atoms with Crippen LogP contribution in [0.25, 0.3) is 98.1 Å². The summed E-state index contributed by atoms with van der Waals surface area (Å²) in [6.07, 6.45) is 1.70. The Morgan fingerprint density at radius 2 is 0.684 bits per heavy atom. The van der Waals surface area contributed by atoms with Crippen LogP contribution in [0.2, 0.25) is 0 Å². The van der Waals surface area contributed by atoms with Gasteiger partial charge in [0.25, 0.3) is 0 Å². The second-order valence-corrected chi connectivity index (χ2v) is 13.7. The Morgan fingerprint density at radius 1 is 0.298 bits per heavy atom. The lowest BCUT2D eigenvalue weighted by Gasteiger charge is -2.23. The van der Waals surface area contributed by atoms with E-state index in [9.17, 15) is 56.2 Å². The third kappa shape index (κ3) is 4.16. The van der Waals surface area contributed by atoms with Gasteiger partial charge in [-0.05, 0) is 33.7 Å². The number of aromatic nitrogens is 2. The van der Waals surface area contributed by atoms with Crippen molar-refractivity contribution in [3.8, 4) is 85.6 Å². The number of pyridine rings is 2. The van der Waals surface area contributed by atoms with E-state index >= 15 is 0 Å². The van der Waals surface area contributed by atoms with Gasteiger partial charge in [-0.1, -0.05) is 72.8 Å². The molecule has 2 heterocycles. The van der Waals surface area contributed by atoms with E-state index < -0.39 is 95.6 Å². The second-order valence-electron chi connectivity index (χ2n) is 13.7. The van der Waals surface area contributed by atoms with Crippen molar-refractivity contribution in [2.24, 2.45) is 0 Å². The van der Waals surface area contributed by atoms with E-state index in [0.29, 0.717) is 43.8 Å². The Hall–Kier alpha value is -8.32. The van der Waals surface area contributed by atoms with Crippen molar-refractivity contribution < 1.29 is 56.2 Å².